The van der Waals surface area contributed by atoms with Crippen LogP contribution in [0, 0.1) is 6.92 Å². The zero-order valence-electron chi connectivity index (χ0n) is 19.7. The minimum absolute atomic E-state index is 0.00114. The van der Waals surface area contributed by atoms with Crippen LogP contribution >= 0.6 is 0 Å². The molecule has 2 N–H and O–H groups in total. The van der Waals surface area contributed by atoms with Gasteiger partial charge in [-0.1, -0.05) is 12.1 Å². The number of fused-ring (bicyclic) bond motifs is 1. The normalized spacial score (nSPS) is 17.6. The fourth-order valence-corrected chi connectivity index (χ4v) is 6.28. The van der Waals surface area contributed by atoms with Crippen LogP contribution in [0.1, 0.15) is 48.9 Å². The predicted molar refractivity (Wildman–Crippen MR) is 132 cm³/mol. The van der Waals surface area contributed by atoms with E-state index in [1.807, 2.05) is 0 Å². The third-order valence-corrected chi connectivity index (χ3v) is 8.26. The van der Waals surface area contributed by atoms with Gasteiger partial charge < -0.3 is 10.2 Å². The standard InChI is InChI=1S/C25H34N4O3S/c1-18-15-22(27-19(2)30)9-11-25(18)33(31,32)26-17-24(29-13-4-5-14-29)21-8-10-23-20(16-21)7-6-12-28(23)3/h8-11,15-16,24,26H,4-7,12-14,17H2,1-3H3,(H,27,30). The van der Waals surface area contributed by atoms with Gasteiger partial charge in [0.25, 0.3) is 0 Å². The highest BCUT2D eigenvalue weighted by Gasteiger charge is 2.27. The van der Waals surface area contributed by atoms with E-state index in [0.29, 0.717) is 17.8 Å². The number of nitrogens with one attached hydrogen (secondary N) is 2. The van der Waals surface area contributed by atoms with Crippen molar-refractivity contribution < 1.29 is 13.2 Å². The first-order chi connectivity index (χ1) is 15.7. The molecule has 33 heavy (non-hydrogen) atoms. The molecule has 2 aliphatic rings. The van der Waals surface area contributed by atoms with Gasteiger partial charge in [0.05, 0.1) is 4.90 Å². The summed E-state index contributed by atoms with van der Waals surface area (Å²) in [5, 5.41) is 2.70. The maximum Gasteiger partial charge on any atom is 0.240 e. The van der Waals surface area contributed by atoms with Crippen LogP contribution in [0.3, 0.4) is 0 Å². The van der Waals surface area contributed by atoms with Crippen molar-refractivity contribution in [1.82, 2.24) is 9.62 Å². The van der Waals surface area contributed by atoms with Crippen molar-refractivity contribution in [3.05, 3.63) is 53.1 Å². The first-order valence-corrected chi connectivity index (χ1v) is 13.2. The molecule has 2 aromatic rings. The summed E-state index contributed by atoms with van der Waals surface area (Å²) in [7, 11) is -1.56. The third-order valence-electron chi connectivity index (χ3n) is 6.67. The van der Waals surface area contributed by atoms with Crippen LogP contribution in [-0.4, -0.2) is 52.5 Å². The van der Waals surface area contributed by atoms with Crippen LogP contribution in [0.4, 0.5) is 11.4 Å². The number of hydrogen-bond donors (Lipinski definition) is 2. The SMILES string of the molecule is CC(=O)Nc1ccc(S(=O)(=O)NCC(c2ccc3c(c2)CCCN3C)N2CCCC2)c(C)c1. The summed E-state index contributed by atoms with van der Waals surface area (Å²) in [6.07, 6.45) is 4.48. The summed E-state index contributed by atoms with van der Waals surface area (Å²) >= 11 is 0. The zero-order chi connectivity index (χ0) is 23.6. The van der Waals surface area contributed by atoms with Crippen molar-refractivity contribution in [2.45, 2.75) is 50.5 Å². The van der Waals surface area contributed by atoms with Crippen molar-refractivity contribution in [3.63, 3.8) is 0 Å². The first kappa shape index (κ1) is 23.7. The molecular formula is C25H34N4O3S. The molecule has 0 saturated carbocycles. The van der Waals surface area contributed by atoms with Crippen molar-refractivity contribution in [2.24, 2.45) is 0 Å². The Morgan fingerprint density at radius 3 is 2.52 bits per heavy atom. The number of carbonyl (C=O) groups is 1. The summed E-state index contributed by atoms with van der Waals surface area (Å²) in [5.74, 6) is -0.187. The van der Waals surface area contributed by atoms with Crippen LogP contribution in [0.15, 0.2) is 41.3 Å². The van der Waals surface area contributed by atoms with Gasteiger partial charge in [-0.25, -0.2) is 13.1 Å². The Hall–Kier alpha value is -2.42. The van der Waals surface area contributed by atoms with Crippen molar-refractivity contribution >= 4 is 27.3 Å². The number of nitrogens with zero attached hydrogens (tertiary/aromatic N) is 2. The smallest absolute Gasteiger partial charge is 0.240 e. The number of benzene rings is 2. The van der Waals surface area contributed by atoms with E-state index in [0.717, 1.165) is 45.3 Å². The van der Waals surface area contributed by atoms with Crippen molar-refractivity contribution in [2.75, 3.05) is 43.4 Å². The Labute approximate surface area is 197 Å². The topological polar surface area (TPSA) is 81.7 Å². The fraction of sp³-hybridized carbons (Fsp3) is 0.480. The molecule has 0 spiro atoms. The number of aryl methyl sites for hydroxylation is 2. The van der Waals surface area contributed by atoms with Gasteiger partial charge in [-0.05, 0) is 86.7 Å². The molecule has 0 aromatic heterocycles. The lowest BCUT2D eigenvalue weighted by Crippen LogP contribution is -2.37. The second-order valence-corrected chi connectivity index (χ2v) is 10.9. The van der Waals surface area contributed by atoms with E-state index in [-0.39, 0.29) is 16.8 Å². The van der Waals surface area contributed by atoms with E-state index in [2.05, 4.69) is 45.1 Å². The Morgan fingerprint density at radius 1 is 1.06 bits per heavy atom. The first-order valence-electron chi connectivity index (χ1n) is 11.7. The molecule has 1 amide bonds. The van der Waals surface area contributed by atoms with Gasteiger partial charge in [0, 0.05) is 44.5 Å². The maximum absolute atomic E-state index is 13.2. The lowest BCUT2D eigenvalue weighted by atomic mass is 9.96. The predicted octanol–water partition coefficient (Wildman–Crippen LogP) is 3.45. The molecule has 0 aliphatic carbocycles. The highest BCUT2D eigenvalue weighted by Crippen LogP contribution is 2.32. The third kappa shape index (κ3) is 5.39. The second-order valence-electron chi connectivity index (χ2n) is 9.19. The number of likely N-dealkylation sites (tertiary alicyclic amines) is 1. The van der Waals surface area contributed by atoms with Crippen LogP contribution in [-0.2, 0) is 21.2 Å². The molecule has 2 aliphatic heterocycles. The highest BCUT2D eigenvalue weighted by atomic mass is 32.2. The molecule has 1 atom stereocenters. The number of amides is 1. The largest absolute Gasteiger partial charge is 0.374 e. The molecule has 0 radical (unpaired) electrons. The average Bonchev–Trinajstić information content (AvgIpc) is 3.28. The summed E-state index contributed by atoms with van der Waals surface area (Å²) in [4.78, 5) is 16.2. The van der Waals surface area contributed by atoms with Gasteiger partial charge in [0.15, 0.2) is 0 Å². The molecule has 0 bridgehead atoms. The van der Waals surface area contributed by atoms with Gasteiger partial charge in [-0.15, -0.1) is 0 Å². The minimum atomic E-state index is -3.69. The zero-order valence-corrected chi connectivity index (χ0v) is 20.5. The van der Waals surface area contributed by atoms with E-state index >= 15 is 0 Å². The number of rotatable bonds is 7. The maximum atomic E-state index is 13.2. The van der Waals surface area contributed by atoms with E-state index in [1.165, 1.54) is 23.7 Å². The van der Waals surface area contributed by atoms with Gasteiger partial charge in [0.1, 0.15) is 0 Å². The Balaban J connectivity index is 1.56. The van der Waals surface area contributed by atoms with E-state index < -0.39 is 10.0 Å². The van der Waals surface area contributed by atoms with Gasteiger partial charge in [-0.3, -0.25) is 9.69 Å². The van der Waals surface area contributed by atoms with E-state index in [9.17, 15) is 13.2 Å². The number of anilines is 2. The van der Waals surface area contributed by atoms with Gasteiger partial charge >= 0.3 is 0 Å². The number of sulfonamides is 1. The van der Waals surface area contributed by atoms with E-state index in [1.54, 1.807) is 25.1 Å². The fourth-order valence-electron chi connectivity index (χ4n) is 5.02. The van der Waals surface area contributed by atoms with Crippen LogP contribution < -0.4 is 14.9 Å². The van der Waals surface area contributed by atoms with E-state index in [4.69, 9.17) is 0 Å². The Kier molecular flexibility index (Phi) is 7.07. The Morgan fingerprint density at radius 2 is 1.82 bits per heavy atom. The monoisotopic (exact) mass is 470 g/mol. The van der Waals surface area contributed by atoms with Gasteiger partial charge in [-0.2, -0.15) is 0 Å². The minimum Gasteiger partial charge on any atom is -0.374 e. The molecule has 178 valence electrons. The molecule has 4 rings (SSSR count). The molecule has 1 fully saturated rings. The Bertz CT molecular complexity index is 1130. The van der Waals surface area contributed by atoms with Crippen molar-refractivity contribution in [1.29, 1.82) is 0 Å². The molecule has 2 heterocycles. The molecule has 2 aromatic carbocycles. The number of carbonyl (C=O) groups excluding carboxylic acids is 1. The summed E-state index contributed by atoms with van der Waals surface area (Å²) in [5.41, 5.74) is 4.99. The average molecular weight is 471 g/mol. The lowest BCUT2D eigenvalue weighted by molar-refractivity contribution is -0.114. The summed E-state index contributed by atoms with van der Waals surface area (Å²) < 4.78 is 29.3. The second kappa shape index (κ2) is 9.83. The molecule has 8 heteroatoms. The quantitative estimate of drug-likeness (QED) is 0.648. The molecule has 1 saturated heterocycles. The highest BCUT2D eigenvalue weighted by molar-refractivity contribution is 7.89. The van der Waals surface area contributed by atoms with Crippen LogP contribution in [0.2, 0.25) is 0 Å². The lowest BCUT2D eigenvalue weighted by Gasteiger charge is -2.32. The summed E-state index contributed by atoms with van der Waals surface area (Å²) in [6, 6.07) is 11.5. The van der Waals surface area contributed by atoms with Gasteiger partial charge in [0.2, 0.25) is 15.9 Å². The summed E-state index contributed by atoms with van der Waals surface area (Å²) in [6.45, 7) is 6.53. The molecule has 7 nitrogen and oxygen atoms in total. The number of hydrogen-bond acceptors (Lipinski definition) is 5. The molecule has 1 unspecified atom stereocenters. The van der Waals surface area contributed by atoms with Crippen molar-refractivity contribution in [3.8, 4) is 0 Å². The molecular weight excluding hydrogens is 436 g/mol. The van der Waals surface area contributed by atoms with Crippen LogP contribution in [0.5, 0.6) is 0 Å². The van der Waals surface area contributed by atoms with Crippen LogP contribution in [0.25, 0.3) is 0 Å².